The zero-order valence-corrected chi connectivity index (χ0v) is 26.9. The maximum atomic E-state index is 11.8. The van der Waals surface area contributed by atoms with E-state index in [-0.39, 0.29) is 23.8 Å². The first-order valence-electron chi connectivity index (χ1n) is 17.3. The molecule has 4 atom stereocenters. The Hall–Kier alpha value is -4.20. The van der Waals surface area contributed by atoms with Gasteiger partial charge < -0.3 is 19.9 Å². The fourth-order valence-corrected chi connectivity index (χ4v) is 9.40. The summed E-state index contributed by atoms with van der Waals surface area (Å²) in [6.07, 6.45) is 8.65. The number of rotatable bonds is 9. The second kappa shape index (κ2) is 10.9. The van der Waals surface area contributed by atoms with Gasteiger partial charge in [-0.1, -0.05) is 48.5 Å². The molecule has 1 amide bonds. The highest BCUT2D eigenvalue weighted by atomic mass is 16.5. The molecule has 47 heavy (non-hydrogen) atoms. The molecular formula is C40H41N3O4. The lowest BCUT2D eigenvalue weighted by molar-refractivity contribution is -0.205. The summed E-state index contributed by atoms with van der Waals surface area (Å²) in [5.74, 6) is 1.51. The minimum Gasteiger partial charge on any atom is -0.504 e. The van der Waals surface area contributed by atoms with Crippen LogP contribution in [0.2, 0.25) is 0 Å². The molecule has 1 saturated carbocycles. The van der Waals surface area contributed by atoms with E-state index in [1.807, 2.05) is 30.5 Å². The van der Waals surface area contributed by atoms with Crippen molar-refractivity contribution in [3.8, 4) is 22.6 Å². The van der Waals surface area contributed by atoms with Crippen LogP contribution in [-0.4, -0.2) is 52.2 Å². The Balaban J connectivity index is 1.17. The van der Waals surface area contributed by atoms with Gasteiger partial charge in [-0.05, 0) is 97.5 Å². The van der Waals surface area contributed by atoms with Crippen molar-refractivity contribution < 1.29 is 19.4 Å². The van der Waals surface area contributed by atoms with Gasteiger partial charge in [0, 0.05) is 55.5 Å². The number of aryl methyl sites for hydroxylation is 1. The number of likely N-dealkylation sites (tertiary alicyclic amines) is 1. The normalized spacial score (nSPS) is 26.7. The van der Waals surface area contributed by atoms with E-state index in [0.29, 0.717) is 12.4 Å². The van der Waals surface area contributed by atoms with Crippen molar-refractivity contribution in [1.82, 2.24) is 9.88 Å². The second-order valence-electron chi connectivity index (χ2n) is 14.4. The van der Waals surface area contributed by atoms with Gasteiger partial charge in [0.25, 0.3) is 0 Å². The number of ether oxygens (including phenoxy) is 2. The average Bonchev–Trinajstić information content (AvgIpc) is 3.82. The Morgan fingerprint density at radius 2 is 1.94 bits per heavy atom. The Morgan fingerprint density at radius 3 is 2.77 bits per heavy atom. The number of hydrogen-bond donors (Lipinski definition) is 2. The van der Waals surface area contributed by atoms with Gasteiger partial charge in [-0.2, -0.15) is 0 Å². The Labute approximate surface area is 275 Å². The van der Waals surface area contributed by atoms with Gasteiger partial charge in [0.2, 0.25) is 5.91 Å². The molecule has 1 spiro atoms. The van der Waals surface area contributed by atoms with E-state index < -0.39 is 11.0 Å². The fourth-order valence-electron chi connectivity index (χ4n) is 9.40. The van der Waals surface area contributed by atoms with Crippen LogP contribution < -0.4 is 10.1 Å². The minimum atomic E-state index is -0.529. The number of aromatic nitrogens is 1. The number of carbonyl (C=O) groups is 1. The molecule has 2 N–H and O–H groups in total. The van der Waals surface area contributed by atoms with Gasteiger partial charge in [-0.25, -0.2) is 0 Å². The molecular weight excluding hydrogens is 586 g/mol. The second-order valence-corrected chi connectivity index (χ2v) is 14.4. The standard InChI is InChI=1S/C40H41N3O4/c1-25(44)42-32-11-5-10-28(20-32)31-19-30-22-40(46-18-6-9-26-7-3-2-4-8-26)34-21-29-14-15-33(45)37-35(29)39(40,38(47-37)36(30)41-23-31)16-17-43(34)24-27-12-13-27/h2-5,7-8,10-11,14-15,19-20,23,27,34,38,45H,6,9,12-13,16-18,21-22,24H2,1H3,(H,42,44)/t34-,38+,39+,40-/m1/s1. The number of pyridine rings is 1. The number of phenolic OH excluding ortho intramolecular Hbond substituents is 1. The predicted octanol–water partition coefficient (Wildman–Crippen LogP) is 6.77. The number of nitrogens with zero attached hydrogens (tertiary/aromatic N) is 2. The number of carbonyl (C=O) groups excluding carboxylic acids is 1. The molecule has 0 unspecified atom stereocenters. The number of anilines is 1. The van der Waals surface area contributed by atoms with Crippen LogP contribution in [0, 0.1) is 5.92 Å². The number of piperidine rings is 1. The Kier molecular flexibility index (Phi) is 6.74. The quantitative estimate of drug-likeness (QED) is 0.199. The molecule has 3 aromatic carbocycles. The van der Waals surface area contributed by atoms with Crippen LogP contribution in [0.4, 0.5) is 5.69 Å². The Bertz CT molecular complexity index is 1870. The topological polar surface area (TPSA) is 83.9 Å². The van der Waals surface area contributed by atoms with E-state index >= 15 is 0 Å². The largest absolute Gasteiger partial charge is 0.504 e. The summed E-state index contributed by atoms with van der Waals surface area (Å²) in [4.78, 5) is 19.7. The summed E-state index contributed by atoms with van der Waals surface area (Å²) in [5.41, 5.74) is 7.67. The molecule has 7 nitrogen and oxygen atoms in total. The lowest BCUT2D eigenvalue weighted by Gasteiger charge is -2.64. The molecule has 9 rings (SSSR count). The molecule has 2 bridgehead atoms. The van der Waals surface area contributed by atoms with Crippen LogP contribution in [0.1, 0.15) is 66.7 Å². The van der Waals surface area contributed by atoms with Crippen LogP contribution in [0.25, 0.3) is 11.1 Å². The van der Waals surface area contributed by atoms with Crippen molar-refractivity contribution in [2.24, 2.45) is 5.92 Å². The molecule has 0 radical (unpaired) electrons. The van der Waals surface area contributed by atoms with Gasteiger partial charge in [0.1, 0.15) is 5.60 Å². The van der Waals surface area contributed by atoms with Crippen molar-refractivity contribution in [3.63, 3.8) is 0 Å². The first-order chi connectivity index (χ1) is 22.9. The van der Waals surface area contributed by atoms with Crippen LogP contribution >= 0.6 is 0 Å². The highest BCUT2D eigenvalue weighted by molar-refractivity contribution is 5.89. The molecule has 3 heterocycles. The average molecular weight is 628 g/mol. The smallest absolute Gasteiger partial charge is 0.221 e. The number of benzene rings is 3. The molecule has 3 aliphatic carbocycles. The zero-order valence-electron chi connectivity index (χ0n) is 26.9. The predicted molar refractivity (Wildman–Crippen MR) is 181 cm³/mol. The van der Waals surface area contributed by atoms with E-state index in [1.54, 1.807) is 0 Å². The fraction of sp³-hybridized carbons (Fsp3) is 0.400. The highest BCUT2D eigenvalue weighted by Crippen LogP contribution is 2.69. The van der Waals surface area contributed by atoms with E-state index in [1.165, 1.54) is 30.9 Å². The van der Waals surface area contributed by atoms with E-state index in [4.69, 9.17) is 14.5 Å². The van der Waals surface area contributed by atoms with Crippen molar-refractivity contribution in [1.29, 1.82) is 0 Å². The van der Waals surface area contributed by atoms with Crippen molar-refractivity contribution in [2.75, 3.05) is 25.0 Å². The third-order valence-electron chi connectivity index (χ3n) is 11.5. The van der Waals surface area contributed by atoms with E-state index in [9.17, 15) is 9.90 Å². The SMILES string of the molecule is CC(=O)Nc1cccc(-c2cnc3c(c2)C[C@@]2(OCCCc4ccccc4)[C@H]4Cc5ccc(O)c6c5[C@@]2(CCN4CC2CC2)[C@H]3O6)c1. The summed E-state index contributed by atoms with van der Waals surface area (Å²) < 4.78 is 14.4. The molecule has 240 valence electrons. The lowest BCUT2D eigenvalue weighted by atomic mass is 9.48. The number of fused-ring (bicyclic) bond motifs is 2. The first kappa shape index (κ1) is 29.0. The van der Waals surface area contributed by atoms with Gasteiger partial charge >= 0.3 is 0 Å². The van der Waals surface area contributed by atoms with Crippen LogP contribution in [0.15, 0.2) is 79.0 Å². The van der Waals surface area contributed by atoms with Crippen LogP contribution in [0.5, 0.6) is 11.5 Å². The lowest BCUT2D eigenvalue weighted by Crippen LogP contribution is -2.75. The minimum absolute atomic E-state index is 0.0949. The molecule has 1 aromatic heterocycles. The molecule has 2 fully saturated rings. The zero-order chi connectivity index (χ0) is 31.8. The van der Waals surface area contributed by atoms with Crippen molar-refractivity contribution in [2.45, 2.75) is 75.0 Å². The number of phenols is 1. The van der Waals surface area contributed by atoms with Crippen molar-refractivity contribution >= 4 is 11.6 Å². The monoisotopic (exact) mass is 627 g/mol. The number of hydrogen-bond acceptors (Lipinski definition) is 6. The van der Waals surface area contributed by atoms with Gasteiger partial charge in [0.15, 0.2) is 17.6 Å². The van der Waals surface area contributed by atoms with Gasteiger partial charge in [-0.3, -0.25) is 14.7 Å². The number of amides is 1. The molecule has 2 aliphatic heterocycles. The highest BCUT2D eigenvalue weighted by Gasteiger charge is 2.73. The summed E-state index contributed by atoms with van der Waals surface area (Å²) in [6, 6.07) is 25.0. The summed E-state index contributed by atoms with van der Waals surface area (Å²) >= 11 is 0. The molecule has 1 saturated heterocycles. The molecule has 4 aromatic rings. The maximum absolute atomic E-state index is 11.8. The van der Waals surface area contributed by atoms with Crippen molar-refractivity contribution in [3.05, 3.63) is 107 Å². The molecule has 5 aliphatic rings. The molecule has 7 heteroatoms. The summed E-state index contributed by atoms with van der Waals surface area (Å²) in [7, 11) is 0. The summed E-state index contributed by atoms with van der Waals surface area (Å²) in [5, 5.41) is 14.1. The van der Waals surface area contributed by atoms with Crippen LogP contribution in [-0.2, 0) is 34.2 Å². The first-order valence-corrected chi connectivity index (χ1v) is 17.3. The number of nitrogens with one attached hydrogen (secondary N) is 1. The van der Waals surface area contributed by atoms with Gasteiger partial charge in [0.05, 0.1) is 11.1 Å². The van der Waals surface area contributed by atoms with Crippen LogP contribution in [0.3, 0.4) is 0 Å². The third kappa shape index (κ3) is 4.54. The Morgan fingerprint density at radius 1 is 1.06 bits per heavy atom. The maximum Gasteiger partial charge on any atom is 0.221 e. The van der Waals surface area contributed by atoms with Gasteiger partial charge in [-0.15, -0.1) is 0 Å². The number of aromatic hydroxyl groups is 1. The third-order valence-corrected chi connectivity index (χ3v) is 11.5. The summed E-state index contributed by atoms with van der Waals surface area (Å²) in [6.45, 7) is 4.29. The van der Waals surface area contributed by atoms with E-state index in [2.05, 4.69) is 58.7 Å². The van der Waals surface area contributed by atoms with E-state index in [0.717, 1.165) is 84.7 Å².